The van der Waals surface area contributed by atoms with E-state index in [1.165, 1.54) is 24.3 Å². The van der Waals surface area contributed by atoms with Crippen LogP contribution in [0.15, 0.2) is 72.8 Å². The molecule has 0 aliphatic rings. The van der Waals surface area contributed by atoms with Gasteiger partial charge in [0.15, 0.2) is 0 Å². The van der Waals surface area contributed by atoms with E-state index in [2.05, 4.69) is 11.8 Å². The molecule has 4 nitrogen and oxygen atoms in total. The smallest absolute Gasteiger partial charge is 0.346 e. The highest BCUT2D eigenvalue weighted by Crippen LogP contribution is 2.36. The lowest BCUT2D eigenvalue weighted by Crippen LogP contribution is -2.18. The molecule has 1 atom stereocenters. The zero-order chi connectivity index (χ0) is 28.0. The number of carbonyl (C=O) groups excluding carboxylic acids is 1. The fourth-order valence-electron chi connectivity index (χ4n) is 4.36. The SMILES string of the molecule is CCCCOOC(=O)Cc1c(C)cc2ccc(C#CC(C)(O)c3ccc(F)cc3)cc2c1-c1ccc(Cl)cc1. The number of fused-ring (bicyclic) bond motifs is 1. The van der Waals surface area contributed by atoms with Crippen molar-refractivity contribution in [3.05, 3.63) is 106 Å². The van der Waals surface area contributed by atoms with Crippen molar-refractivity contribution < 1.29 is 24.1 Å². The minimum atomic E-state index is -1.47. The number of unbranched alkanes of at least 4 members (excludes halogenated alkanes) is 1. The number of hydrogen-bond acceptors (Lipinski definition) is 4. The van der Waals surface area contributed by atoms with Crippen molar-refractivity contribution in [2.45, 2.75) is 45.6 Å². The molecule has 0 aromatic heterocycles. The molecule has 0 heterocycles. The Balaban J connectivity index is 1.78. The maximum atomic E-state index is 13.3. The second-order valence-electron chi connectivity index (χ2n) is 9.63. The lowest BCUT2D eigenvalue weighted by atomic mass is 9.88. The first kappa shape index (κ1) is 28.3. The molecule has 0 bridgehead atoms. The third kappa shape index (κ3) is 7.04. The van der Waals surface area contributed by atoms with Crippen molar-refractivity contribution >= 4 is 28.3 Å². The van der Waals surface area contributed by atoms with Crippen LogP contribution < -0.4 is 0 Å². The Morgan fingerprint density at radius 1 is 1.05 bits per heavy atom. The van der Waals surface area contributed by atoms with Gasteiger partial charge in [-0.15, -0.1) is 0 Å². The second kappa shape index (κ2) is 12.4. The molecule has 1 unspecified atom stereocenters. The third-order valence-corrected chi connectivity index (χ3v) is 6.77. The normalized spacial score (nSPS) is 12.5. The van der Waals surface area contributed by atoms with E-state index in [1.54, 1.807) is 6.92 Å². The fraction of sp³-hybridized carbons (Fsp3) is 0.242. The summed E-state index contributed by atoms with van der Waals surface area (Å²) >= 11 is 6.17. The molecule has 0 saturated heterocycles. The summed E-state index contributed by atoms with van der Waals surface area (Å²) in [6.07, 6.45) is 1.77. The van der Waals surface area contributed by atoms with E-state index in [0.717, 1.165) is 45.9 Å². The topological polar surface area (TPSA) is 55.8 Å². The average molecular weight is 545 g/mol. The van der Waals surface area contributed by atoms with E-state index < -0.39 is 11.6 Å². The molecule has 6 heteroatoms. The van der Waals surface area contributed by atoms with Crippen LogP contribution in [0.2, 0.25) is 5.02 Å². The Hall–Kier alpha value is -3.69. The molecule has 0 radical (unpaired) electrons. The molecule has 39 heavy (non-hydrogen) atoms. The van der Waals surface area contributed by atoms with Gasteiger partial charge >= 0.3 is 5.97 Å². The molecule has 0 aliphatic carbocycles. The summed E-state index contributed by atoms with van der Waals surface area (Å²) in [5, 5.41) is 13.4. The van der Waals surface area contributed by atoms with Gasteiger partial charge in [-0.2, -0.15) is 4.89 Å². The van der Waals surface area contributed by atoms with Gasteiger partial charge in [0.25, 0.3) is 0 Å². The van der Waals surface area contributed by atoms with Gasteiger partial charge in [-0.05, 0) is 95.3 Å². The van der Waals surface area contributed by atoms with Crippen molar-refractivity contribution in [3.8, 4) is 23.0 Å². The molecule has 4 rings (SSSR count). The van der Waals surface area contributed by atoms with Crippen molar-refractivity contribution in [1.29, 1.82) is 0 Å². The molecule has 0 saturated carbocycles. The molecule has 200 valence electrons. The molecule has 0 fully saturated rings. The summed E-state index contributed by atoms with van der Waals surface area (Å²) < 4.78 is 13.3. The lowest BCUT2D eigenvalue weighted by molar-refractivity contribution is -0.272. The predicted molar refractivity (Wildman–Crippen MR) is 153 cm³/mol. The van der Waals surface area contributed by atoms with E-state index in [-0.39, 0.29) is 12.2 Å². The highest BCUT2D eigenvalue weighted by atomic mass is 35.5. The van der Waals surface area contributed by atoms with Crippen molar-refractivity contribution in [3.63, 3.8) is 0 Å². The number of carbonyl (C=O) groups is 1. The zero-order valence-corrected chi connectivity index (χ0v) is 22.9. The Bertz CT molecular complexity index is 1530. The molecular formula is C33H30ClFO4. The molecule has 4 aromatic carbocycles. The van der Waals surface area contributed by atoms with Gasteiger partial charge in [0.05, 0.1) is 13.0 Å². The van der Waals surface area contributed by atoms with Crippen LogP contribution in [0.4, 0.5) is 4.39 Å². The number of aryl methyl sites for hydroxylation is 1. The fourth-order valence-corrected chi connectivity index (χ4v) is 4.48. The monoisotopic (exact) mass is 544 g/mol. The van der Waals surface area contributed by atoms with Crippen LogP contribution in [-0.2, 0) is 26.6 Å². The Morgan fingerprint density at radius 3 is 2.46 bits per heavy atom. The van der Waals surface area contributed by atoms with E-state index in [1.807, 2.05) is 62.4 Å². The summed E-state index contributed by atoms with van der Waals surface area (Å²) in [5.41, 5.74) is 3.24. The molecule has 1 N–H and O–H groups in total. The molecular weight excluding hydrogens is 515 g/mol. The van der Waals surface area contributed by atoms with Crippen molar-refractivity contribution in [2.75, 3.05) is 6.61 Å². The number of aliphatic hydroxyl groups is 1. The Kier molecular flexibility index (Phi) is 9.04. The van der Waals surface area contributed by atoms with Gasteiger partial charge in [-0.1, -0.05) is 73.2 Å². The first-order valence-corrected chi connectivity index (χ1v) is 13.2. The summed E-state index contributed by atoms with van der Waals surface area (Å²) in [6.45, 7) is 5.92. The van der Waals surface area contributed by atoms with Gasteiger partial charge < -0.3 is 5.11 Å². The second-order valence-corrected chi connectivity index (χ2v) is 10.1. The van der Waals surface area contributed by atoms with Crippen molar-refractivity contribution in [1.82, 2.24) is 0 Å². The predicted octanol–water partition coefficient (Wildman–Crippen LogP) is 7.68. The first-order valence-electron chi connectivity index (χ1n) is 12.8. The maximum Gasteiger partial charge on any atom is 0.346 e. The summed E-state index contributed by atoms with van der Waals surface area (Å²) in [5.74, 6) is 5.12. The van der Waals surface area contributed by atoms with E-state index in [9.17, 15) is 14.3 Å². The summed E-state index contributed by atoms with van der Waals surface area (Å²) in [4.78, 5) is 22.8. The summed E-state index contributed by atoms with van der Waals surface area (Å²) in [7, 11) is 0. The lowest BCUT2D eigenvalue weighted by Gasteiger charge is -2.17. The van der Waals surface area contributed by atoms with E-state index in [0.29, 0.717) is 22.8 Å². The minimum absolute atomic E-state index is 0.0288. The Labute approximate surface area is 233 Å². The van der Waals surface area contributed by atoms with Crippen LogP contribution in [0, 0.1) is 24.6 Å². The van der Waals surface area contributed by atoms with Crippen LogP contribution in [-0.4, -0.2) is 17.7 Å². The Morgan fingerprint density at radius 2 is 1.77 bits per heavy atom. The number of hydrogen-bond donors (Lipinski definition) is 1. The van der Waals surface area contributed by atoms with Gasteiger partial charge in [0.1, 0.15) is 11.4 Å². The average Bonchev–Trinajstić information content (AvgIpc) is 2.91. The minimum Gasteiger partial charge on any atom is -0.374 e. The van der Waals surface area contributed by atoms with Gasteiger partial charge in [0.2, 0.25) is 0 Å². The van der Waals surface area contributed by atoms with E-state index >= 15 is 0 Å². The van der Waals surface area contributed by atoms with Gasteiger partial charge in [-0.3, -0.25) is 4.89 Å². The van der Waals surface area contributed by atoms with Crippen molar-refractivity contribution in [2.24, 2.45) is 0 Å². The molecule has 4 aromatic rings. The maximum absolute atomic E-state index is 13.3. The highest BCUT2D eigenvalue weighted by molar-refractivity contribution is 6.30. The third-order valence-electron chi connectivity index (χ3n) is 6.52. The van der Waals surface area contributed by atoms with Gasteiger partial charge in [0, 0.05) is 10.6 Å². The highest BCUT2D eigenvalue weighted by Gasteiger charge is 2.21. The van der Waals surface area contributed by atoms with Crippen LogP contribution >= 0.6 is 11.6 Å². The quantitative estimate of drug-likeness (QED) is 0.107. The van der Waals surface area contributed by atoms with Crippen LogP contribution in [0.3, 0.4) is 0 Å². The van der Waals surface area contributed by atoms with Crippen LogP contribution in [0.5, 0.6) is 0 Å². The van der Waals surface area contributed by atoms with Crippen LogP contribution in [0.1, 0.15) is 48.9 Å². The standard InChI is InChI=1S/C33H30ClFO4/c1-4-5-18-38-39-31(36)21-29-22(2)19-25-7-6-23(16-17-33(3,37)26-10-14-28(35)15-11-26)20-30(25)32(29)24-8-12-27(34)13-9-24/h6-15,19-20,37H,4-5,18,21H2,1-3H3. The van der Waals surface area contributed by atoms with Gasteiger partial charge in [-0.25, -0.2) is 9.18 Å². The van der Waals surface area contributed by atoms with Crippen LogP contribution in [0.25, 0.3) is 21.9 Å². The zero-order valence-electron chi connectivity index (χ0n) is 22.2. The van der Waals surface area contributed by atoms with E-state index in [4.69, 9.17) is 21.4 Å². The number of halogens is 2. The number of benzene rings is 4. The summed E-state index contributed by atoms with van der Waals surface area (Å²) in [6, 6.07) is 20.9. The molecule has 0 amide bonds. The number of rotatable bonds is 8. The molecule has 0 aliphatic heterocycles. The largest absolute Gasteiger partial charge is 0.374 e. The first-order chi connectivity index (χ1) is 18.7. The molecule has 0 spiro atoms.